The van der Waals surface area contributed by atoms with E-state index in [-0.39, 0.29) is 12.0 Å². The predicted octanol–water partition coefficient (Wildman–Crippen LogP) is 5.53. The van der Waals surface area contributed by atoms with Gasteiger partial charge >= 0.3 is 6.18 Å². The summed E-state index contributed by atoms with van der Waals surface area (Å²) in [6, 6.07) is 8.96. The van der Waals surface area contributed by atoms with Gasteiger partial charge in [0.2, 0.25) is 0 Å². The van der Waals surface area contributed by atoms with E-state index in [0.717, 1.165) is 17.2 Å². The van der Waals surface area contributed by atoms with Crippen LogP contribution in [0.4, 0.5) is 13.2 Å². The highest BCUT2D eigenvalue weighted by molar-refractivity contribution is 5.55. The lowest BCUT2D eigenvalue weighted by Crippen LogP contribution is -2.52. The Morgan fingerprint density at radius 1 is 0.969 bits per heavy atom. The van der Waals surface area contributed by atoms with Gasteiger partial charge in [-0.25, -0.2) is 0 Å². The third-order valence-electron chi connectivity index (χ3n) is 6.48. The van der Waals surface area contributed by atoms with Crippen LogP contribution in [0.1, 0.15) is 68.3 Å². The highest BCUT2D eigenvalue weighted by Crippen LogP contribution is 2.51. The standard InChI is InChI=1S/C25H30F3NO3/c1-23(2)13-18(14-8-7-9-15(10-14)25(26,27)28)16-11-17-20(12-19(16)31-23)32-24(3,4)22(30)21(17)29(5)6/h7-12,18,21-22,30H,13H2,1-6H3/t18-,21+,22?/m1/s1. The lowest BCUT2D eigenvalue weighted by molar-refractivity contribution is -0.137. The molecule has 2 aliphatic heterocycles. The molecule has 0 saturated carbocycles. The molecule has 1 N–H and O–H groups in total. The van der Waals surface area contributed by atoms with Crippen molar-refractivity contribution < 1.29 is 27.8 Å². The maximum absolute atomic E-state index is 13.4. The molecule has 2 aromatic carbocycles. The Labute approximate surface area is 186 Å². The smallest absolute Gasteiger partial charge is 0.416 e. The van der Waals surface area contributed by atoms with Crippen molar-refractivity contribution in [3.8, 4) is 11.5 Å². The van der Waals surface area contributed by atoms with Crippen LogP contribution in [0.25, 0.3) is 0 Å². The van der Waals surface area contributed by atoms with Crippen molar-refractivity contribution in [2.45, 2.75) is 69.6 Å². The molecule has 0 bridgehead atoms. The van der Waals surface area contributed by atoms with Crippen LogP contribution in [-0.2, 0) is 6.18 Å². The van der Waals surface area contributed by atoms with E-state index in [2.05, 4.69) is 0 Å². The highest BCUT2D eigenvalue weighted by atomic mass is 19.4. The van der Waals surface area contributed by atoms with Gasteiger partial charge in [-0.1, -0.05) is 18.2 Å². The van der Waals surface area contributed by atoms with Gasteiger partial charge in [-0.2, -0.15) is 13.2 Å². The third kappa shape index (κ3) is 3.97. The molecule has 32 heavy (non-hydrogen) atoms. The van der Waals surface area contributed by atoms with Crippen LogP contribution in [-0.4, -0.2) is 41.4 Å². The molecule has 0 aliphatic carbocycles. The fourth-order valence-electron chi connectivity index (χ4n) is 4.90. The van der Waals surface area contributed by atoms with Crippen LogP contribution in [0, 0.1) is 0 Å². The maximum atomic E-state index is 13.4. The van der Waals surface area contributed by atoms with Crippen molar-refractivity contribution in [3.63, 3.8) is 0 Å². The number of halogens is 3. The first-order valence-electron chi connectivity index (χ1n) is 10.8. The van der Waals surface area contributed by atoms with Crippen molar-refractivity contribution >= 4 is 0 Å². The Hall–Kier alpha value is -2.25. The minimum Gasteiger partial charge on any atom is -0.487 e. The summed E-state index contributed by atoms with van der Waals surface area (Å²) >= 11 is 0. The van der Waals surface area contributed by atoms with E-state index in [9.17, 15) is 18.3 Å². The topological polar surface area (TPSA) is 41.9 Å². The predicted molar refractivity (Wildman–Crippen MR) is 116 cm³/mol. The summed E-state index contributed by atoms with van der Waals surface area (Å²) in [6.07, 6.45) is -4.66. The van der Waals surface area contributed by atoms with E-state index in [1.54, 1.807) is 6.07 Å². The summed E-state index contributed by atoms with van der Waals surface area (Å²) < 4.78 is 52.6. The van der Waals surface area contributed by atoms with Crippen LogP contribution in [0.3, 0.4) is 0 Å². The molecule has 4 nitrogen and oxygen atoms in total. The quantitative estimate of drug-likeness (QED) is 0.654. The summed E-state index contributed by atoms with van der Waals surface area (Å²) in [5, 5.41) is 11.0. The highest BCUT2D eigenvalue weighted by Gasteiger charge is 2.46. The maximum Gasteiger partial charge on any atom is 0.416 e. The number of alkyl halides is 3. The van der Waals surface area contributed by atoms with Gasteiger partial charge < -0.3 is 14.6 Å². The van der Waals surface area contributed by atoms with Crippen molar-refractivity contribution in [1.82, 2.24) is 4.90 Å². The van der Waals surface area contributed by atoms with Crippen molar-refractivity contribution in [3.05, 3.63) is 58.7 Å². The number of rotatable bonds is 2. The zero-order valence-electron chi connectivity index (χ0n) is 19.2. The van der Waals surface area contributed by atoms with E-state index in [4.69, 9.17) is 9.47 Å². The van der Waals surface area contributed by atoms with E-state index >= 15 is 0 Å². The molecule has 2 aromatic rings. The molecule has 0 amide bonds. The summed E-state index contributed by atoms with van der Waals surface area (Å²) in [5.74, 6) is 0.946. The number of aliphatic hydroxyl groups excluding tert-OH is 1. The van der Waals surface area contributed by atoms with Crippen LogP contribution in [0.5, 0.6) is 11.5 Å². The first-order chi connectivity index (χ1) is 14.7. The van der Waals surface area contributed by atoms with Gasteiger partial charge in [-0.15, -0.1) is 0 Å². The summed E-state index contributed by atoms with van der Waals surface area (Å²) in [7, 11) is 3.78. The Morgan fingerprint density at radius 3 is 2.25 bits per heavy atom. The van der Waals surface area contributed by atoms with Crippen molar-refractivity contribution in [2.75, 3.05) is 14.1 Å². The number of ether oxygens (including phenoxy) is 2. The fraction of sp³-hybridized carbons (Fsp3) is 0.520. The molecule has 0 fully saturated rings. The van der Waals surface area contributed by atoms with Gasteiger partial charge in [-0.3, -0.25) is 4.90 Å². The normalized spacial score (nSPS) is 26.0. The second kappa shape index (κ2) is 7.39. The zero-order valence-corrected chi connectivity index (χ0v) is 19.2. The van der Waals surface area contributed by atoms with Gasteiger partial charge in [0.15, 0.2) is 0 Å². The molecule has 2 heterocycles. The average Bonchev–Trinajstić information content (AvgIpc) is 2.65. The van der Waals surface area contributed by atoms with Gasteiger partial charge in [0, 0.05) is 23.1 Å². The molecule has 3 atom stereocenters. The number of fused-ring (bicyclic) bond motifs is 2. The van der Waals surface area contributed by atoms with Crippen molar-refractivity contribution in [1.29, 1.82) is 0 Å². The molecule has 4 rings (SSSR count). The summed E-state index contributed by atoms with van der Waals surface area (Å²) in [5.41, 5.74) is 0.179. The lowest BCUT2D eigenvalue weighted by Gasteiger charge is -2.46. The largest absolute Gasteiger partial charge is 0.487 e. The third-order valence-corrected chi connectivity index (χ3v) is 6.48. The molecule has 1 unspecified atom stereocenters. The molecule has 0 saturated heterocycles. The Kier molecular flexibility index (Phi) is 5.29. The number of likely N-dealkylation sites (N-methyl/N-ethyl adjacent to an activating group) is 1. The second-order valence-corrected chi connectivity index (χ2v) is 10.2. The lowest BCUT2D eigenvalue weighted by atomic mass is 9.77. The first kappa shape index (κ1) is 22.9. The molecule has 7 heteroatoms. The minimum absolute atomic E-state index is 0.281. The number of aliphatic hydroxyl groups is 1. The fourth-order valence-corrected chi connectivity index (χ4v) is 4.90. The SMILES string of the molecule is CN(C)[C@H]1c2cc3c(cc2OC(C)(C)C1O)OC(C)(C)C[C@@H]3c1cccc(C(F)(F)F)c1. The van der Waals surface area contributed by atoms with Gasteiger partial charge in [-0.05, 0) is 65.9 Å². The van der Waals surface area contributed by atoms with Crippen molar-refractivity contribution in [2.24, 2.45) is 0 Å². The van der Waals surface area contributed by atoms with Crippen LogP contribution < -0.4 is 9.47 Å². The molecule has 2 aliphatic rings. The molecule has 0 radical (unpaired) electrons. The number of nitrogens with zero attached hydrogens (tertiary/aromatic N) is 1. The average molecular weight is 450 g/mol. The van der Waals surface area contributed by atoms with E-state index in [1.165, 1.54) is 12.1 Å². The Morgan fingerprint density at radius 2 is 1.62 bits per heavy atom. The van der Waals surface area contributed by atoms with Crippen LogP contribution in [0.15, 0.2) is 36.4 Å². The van der Waals surface area contributed by atoms with Gasteiger partial charge in [0.25, 0.3) is 0 Å². The van der Waals surface area contributed by atoms with E-state index < -0.39 is 29.0 Å². The summed E-state index contributed by atoms with van der Waals surface area (Å²) in [4.78, 5) is 1.94. The molecule has 0 aromatic heterocycles. The minimum atomic E-state index is -4.41. The Balaban J connectivity index is 1.89. The van der Waals surface area contributed by atoms with Crippen LogP contribution >= 0.6 is 0 Å². The Bertz CT molecular complexity index is 1030. The first-order valence-corrected chi connectivity index (χ1v) is 10.8. The van der Waals surface area contributed by atoms with Gasteiger partial charge in [0.1, 0.15) is 28.8 Å². The second-order valence-electron chi connectivity index (χ2n) is 10.2. The zero-order chi connectivity index (χ0) is 23.6. The number of hydrogen-bond acceptors (Lipinski definition) is 4. The van der Waals surface area contributed by atoms with Crippen LogP contribution in [0.2, 0.25) is 0 Å². The molecular weight excluding hydrogens is 419 g/mol. The number of hydrogen-bond donors (Lipinski definition) is 1. The van der Waals surface area contributed by atoms with E-state index in [0.29, 0.717) is 23.5 Å². The van der Waals surface area contributed by atoms with E-state index in [1.807, 2.05) is 58.8 Å². The van der Waals surface area contributed by atoms with Gasteiger partial charge in [0.05, 0.1) is 11.6 Å². The molecule has 174 valence electrons. The number of benzene rings is 2. The molecule has 0 spiro atoms. The summed E-state index contributed by atoms with van der Waals surface area (Å²) in [6.45, 7) is 7.56. The monoisotopic (exact) mass is 449 g/mol. The molecular formula is C25H30F3NO3.